The Labute approximate surface area is 118 Å². The van der Waals surface area contributed by atoms with Crippen LogP contribution < -0.4 is 0 Å². The van der Waals surface area contributed by atoms with Crippen molar-refractivity contribution in [2.24, 2.45) is 5.92 Å². The van der Waals surface area contributed by atoms with Gasteiger partial charge in [-0.2, -0.15) is 39.2 Å². The van der Waals surface area contributed by atoms with Gasteiger partial charge in [0.15, 0.2) is 6.10 Å². The Kier molecular flexibility index (Phi) is 8.56. The maximum absolute atomic E-state index is 12.8. The second kappa shape index (κ2) is 7.09. The van der Waals surface area contributed by atoms with E-state index in [0.717, 1.165) is 13.8 Å². The fourth-order valence-electron chi connectivity index (χ4n) is 0.959. The molecule has 0 spiro atoms. The van der Waals surface area contributed by atoms with Crippen molar-refractivity contribution < 1.29 is 48.4 Å². The van der Waals surface area contributed by atoms with Gasteiger partial charge in [-0.05, 0) is 5.92 Å². The molecular formula is C9H17F7O4S. The summed E-state index contributed by atoms with van der Waals surface area (Å²) < 4.78 is 119. The van der Waals surface area contributed by atoms with Crippen LogP contribution in [0.25, 0.3) is 0 Å². The van der Waals surface area contributed by atoms with Gasteiger partial charge in [0.2, 0.25) is 0 Å². The third-order valence-corrected chi connectivity index (χ3v) is 2.75. The van der Waals surface area contributed by atoms with Crippen LogP contribution in [0.2, 0.25) is 0 Å². The van der Waals surface area contributed by atoms with Crippen LogP contribution in [0.1, 0.15) is 28.7 Å². The third kappa shape index (κ3) is 5.58. The highest BCUT2D eigenvalue weighted by molar-refractivity contribution is 7.86. The summed E-state index contributed by atoms with van der Waals surface area (Å²) in [5.74, 6) is -1.69. The van der Waals surface area contributed by atoms with Crippen LogP contribution in [0.4, 0.5) is 30.7 Å². The molecule has 1 N–H and O–H groups in total. The lowest BCUT2D eigenvalue weighted by molar-refractivity contribution is -0.376. The molecule has 1 unspecified atom stereocenters. The Balaban J connectivity index is -0.00000162. The predicted molar refractivity (Wildman–Crippen MR) is 60.7 cm³/mol. The molecule has 0 aromatic carbocycles. The second-order valence-corrected chi connectivity index (χ2v) is 5.30. The van der Waals surface area contributed by atoms with Crippen LogP contribution in [0.5, 0.6) is 0 Å². The zero-order valence-corrected chi connectivity index (χ0v) is 10.2. The summed E-state index contributed by atoms with van der Waals surface area (Å²) in [6.45, 7) is 1.50. The zero-order valence-electron chi connectivity index (χ0n) is 9.38. The molecule has 0 saturated heterocycles. The Morgan fingerprint density at radius 3 is 1.48 bits per heavy atom. The Morgan fingerprint density at radius 2 is 1.29 bits per heavy atom. The quantitative estimate of drug-likeness (QED) is 0.600. The first-order valence-electron chi connectivity index (χ1n) is 4.51. The highest BCUT2D eigenvalue weighted by Crippen LogP contribution is 2.43. The minimum absolute atomic E-state index is 0. The number of rotatable bonds is 5. The van der Waals surface area contributed by atoms with Gasteiger partial charge in [-0.15, -0.1) is 0 Å². The fourth-order valence-corrected chi connectivity index (χ4v) is 1.31. The van der Waals surface area contributed by atoms with Crippen molar-refractivity contribution in [2.75, 3.05) is 0 Å². The van der Waals surface area contributed by atoms with Gasteiger partial charge in [-0.25, -0.2) is 0 Å². The monoisotopic (exact) mass is 354 g/mol. The second-order valence-electron chi connectivity index (χ2n) is 3.83. The molecule has 0 aliphatic carbocycles. The molecule has 0 bridgehead atoms. The van der Waals surface area contributed by atoms with Crippen LogP contribution in [0.15, 0.2) is 0 Å². The maximum Gasteiger partial charge on any atom is 0.459 e. The lowest BCUT2D eigenvalue weighted by atomic mass is 10.1. The van der Waals surface area contributed by atoms with Crippen molar-refractivity contribution in [2.45, 2.75) is 52.3 Å². The lowest BCUT2D eigenvalue weighted by Crippen LogP contribution is -2.53. The SMILES string of the molecule is C.C.CC(C)C(OC(F)(F)C(F)(F)S(=O)(=O)O)C(F)(F)F. The highest BCUT2D eigenvalue weighted by atomic mass is 32.2. The molecule has 132 valence electrons. The maximum atomic E-state index is 12.8. The first-order valence-corrected chi connectivity index (χ1v) is 5.95. The van der Waals surface area contributed by atoms with Crippen LogP contribution in [-0.2, 0) is 14.9 Å². The predicted octanol–water partition coefficient (Wildman–Crippen LogP) is 3.94. The number of ether oxygens (including phenoxy) is 1. The Morgan fingerprint density at radius 1 is 0.952 bits per heavy atom. The van der Waals surface area contributed by atoms with Crippen molar-refractivity contribution in [3.05, 3.63) is 0 Å². The first-order chi connectivity index (χ1) is 8.04. The number of halogens is 7. The van der Waals surface area contributed by atoms with E-state index in [0.29, 0.717) is 0 Å². The van der Waals surface area contributed by atoms with E-state index in [4.69, 9.17) is 4.55 Å². The Hall–Kier alpha value is -0.620. The number of hydrogen-bond acceptors (Lipinski definition) is 3. The molecule has 12 heteroatoms. The molecule has 0 radical (unpaired) electrons. The van der Waals surface area contributed by atoms with Gasteiger partial charge in [0.25, 0.3) is 0 Å². The van der Waals surface area contributed by atoms with E-state index in [9.17, 15) is 39.2 Å². The summed E-state index contributed by atoms with van der Waals surface area (Å²) in [6, 6.07) is 0. The number of alkyl halides is 7. The zero-order chi connectivity index (χ0) is 15.9. The van der Waals surface area contributed by atoms with Crippen molar-refractivity contribution >= 4 is 10.1 Å². The summed E-state index contributed by atoms with van der Waals surface area (Å²) in [6.07, 6.45) is -14.8. The third-order valence-electron chi connectivity index (χ3n) is 1.87. The fraction of sp³-hybridized carbons (Fsp3) is 1.00. The van der Waals surface area contributed by atoms with Gasteiger partial charge in [-0.3, -0.25) is 4.55 Å². The Bertz CT molecular complexity index is 416. The smallest absolute Gasteiger partial charge is 0.301 e. The van der Waals surface area contributed by atoms with E-state index in [1.165, 1.54) is 0 Å². The van der Waals surface area contributed by atoms with Crippen LogP contribution in [0.3, 0.4) is 0 Å². The lowest BCUT2D eigenvalue weighted by Gasteiger charge is -2.31. The molecule has 0 rings (SSSR count). The highest BCUT2D eigenvalue weighted by Gasteiger charge is 2.69. The summed E-state index contributed by atoms with van der Waals surface area (Å²) in [7, 11) is -6.65. The van der Waals surface area contributed by atoms with Crippen molar-refractivity contribution in [3.8, 4) is 0 Å². The van der Waals surface area contributed by atoms with E-state index in [1.54, 1.807) is 0 Å². The number of hydrogen-bond donors (Lipinski definition) is 1. The van der Waals surface area contributed by atoms with Crippen LogP contribution in [0, 0.1) is 5.92 Å². The summed E-state index contributed by atoms with van der Waals surface area (Å²) in [4.78, 5) is 0. The molecular weight excluding hydrogens is 337 g/mol. The standard InChI is InChI=1S/C7H9F7O4S.2CH4/c1-3(2)4(5(8,9)10)18-6(11,12)7(13,14)19(15,16)17;;/h3-4H,1-2H3,(H,15,16,17);2*1H4. The van der Waals surface area contributed by atoms with Gasteiger partial charge in [-0.1, -0.05) is 28.7 Å². The summed E-state index contributed by atoms with van der Waals surface area (Å²) in [5, 5.41) is -6.21. The van der Waals surface area contributed by atoms with E-state index in [-0.39, 0.29) is 14.9 Å². The normalized spacial score (nSPS) is 15.2. The summed E-state index contributed by atoms with van der Waals surface area (Å²) in [5.41, 5.74) is 0. The van der Waals surface area contributed by atoms with Crippen LogP contribution >= 0.6 is 0 Å². The average Bonchev–Trinajstić information content (AvgIpc) is 2.09. The van der Waals surface area contributed by atoms with Gasteiger partial charge in [0.1, 0.15) is 0 Å². The molecule has 0 aliphatic rings. The van der Waals surface area contributed by atoms with E-state index >= 15 is 0 Å². The largest absolute Gasteiger partial charge is 0.459 e. The molecule has 0 aliphatic heterocycles. The molecule has 21 heavy (non-hydrogen) atoms. The van der Waals surface area contributed by atoms with Gasteiger partial charge >= 0.3 is 27.7 Å². The van der Waals surface area contributed by atoms with E-state index < -0.39 is 39.7 Å². The molecule has 0 fully saturated rings. The van der Waals surface area contributed by atoms with Crippen molar-refractivity contribution in [1.82, 2.24) is 0 Å². The minimum atomic E-state index is -6.65. The molecule has 1 atom stereocenters. The molecule has 0 amide bonds. The molecule has 4 nitrogen and oxygen atoms in total. The molecule has 0 heterocycles. The van der Waals surface area contributed by atoms with E-state index in [2.05, 4.69) is 4.74 Å². The van der Waals surface area contributed by atoms with Gasteiger partial charge in [0, 0.05) is 0 Å². The minimum Gasteiger partial charge on any atom is -0.301 e. The molecule has 0 aromatic heterocycles. The van der Waals surface area contributed by atoms with Gasteiger partial charge < -0.3 is 4.74 Å². The summed E-state index contributed by atoms with van der Waals surface area (Å²) >= 11 is 0. The molecule has 0 saturated carbocycles. The topological polar surface area (TPSA) is 63.6 Å². The average molecular weight is 354 g/mol. The van der Waals surface area contributed by atoms with Crippen molar-refractivity contribution in [3.63, 3.8) is 0 Å². The van der Waals surface area contributed by atoms with Crippen LogP contribution in [-0.4, -0.2) is 36.6 Å². The van der Waals surface area contributed by atoms with Gasteiger partial charge in [0.05, 0.1) is 0 Å². The molecule has 0 aromatic rings. The first kappa shape index (κ1) is 25.3. The van der Waals surface area contributed by atoms with E-state index in [1.807, 2.05) is 0 Å². The van der Waals surface area contributed by atoms with Crippen molar-refractivity contribution in [1.29, 1.82) is 0 Å².